The standard InChI is InChI=1S/C12H13.C9H7.C2H6Si.2ClH.Zr/c1-2-5-10-8-9-11-6-3-4-7-12(10)11;1-2-5-9-7-3-6-8(9)4-1;1-3-2;;;/h3-4,6-9H,2,5H2,1H3;1-7H;1-2H3;2*1H;/q2*-1;;;;+4/p-2. The molecule has 4 rings (SSSR count). The minimum atomic E-state index is 0. The Labute approximate surface area is 198 Å². The van der Waals surface area contributed by atoms with E-state index in [4.69, 9.17) is 0 Å². The molecule has 0 atom stereocenters. The van der Waals surface area contributed by atoms with Gasteiger partial charge in [-0.25, -0.2) is 0 Å². The van der Waals surface area contributed by atoms with Gasteiger partial charge in [0.05, 0.1) is 0 Å². The monoisotopic (exact) mass is 490 g/mol. The van der Waals surface area contributed by atoms with Crippen molar-refractivity contribution in [2.24, 2.45) is 0 Å². The minimum absolute atomic E-state index is 0. The largest absolute Gasteiger partial charge is 4.00 e. The van der Waals surface area contributed by atoms with Crippen molar-refractivity contribution in [3.8, 4) is 0 Å². The molecular weight excluding hydrogens is 466 g/mol. The van der Waals surface area contributed by atoms with E-state index < -0.39 is 0 Å². The Morgan fingerprint density at radius 1 is 0.815 bits per heavy atom. The molecule has 0 saturated carbocycles. The molecule has 0 nitrogen and oxygen atoms in total. The van der Waals surface area contributed by atoms with Gasteiger partial charge in [-0.1, -0.05) is 45.0 Å². The summed E-state index contributed by atoms with van der Waals surface area (Å²) < 4.78 is 0. The first kappa shape index (κ1) is 28.5. The Morgan fingerprint density at radius 2 is 1.41 bits per heavy atom. The summed E-state index contributed by atoms with van der Waals surface area (Å²) in [5.41, 5.74) is 1.49. The number of halogens is 2. The Bertz CT molecular complexity index is 821. The van der Waals surface area contributed by atoms with Crippen LogP contribution in [0.2, 0.25) is 13.1 Å². The number of rotatable bonds is 2. The summed E-state index contributed by atoms with van der Waals surface area (Å²) >= 11 is 0. The summed E-state index contributed by atoms with van der Waals surface area (Å²) in [6, 6.07) is 27.7. The molecule has 4 aromatic rings. The number of hydrogen-bond acceptors (Lipinski definition) is 0. The van der Waals surface area contributed by atoms with Crippen molar-refractivity contribution in [1.82, 2.24) is 0 Å². The first-order valence-electron chi connectivity index (χ1n) is 8.62. The molecule has 0 aliphatic carbocycles. The van der Waals surface area contributed by atoms with Gasteiger partial charge in [0.25, 0.3) is 0 Å². The molecule has 0 bridgehead atoms. The van der Waals surface area contributed by atoms with Crippen LogP contribution in [0.5, 0.6) is 0 Å². The van der Waals surface area contributed by atoms with Crippen LogP contribution in [-0.4, -0.2) is 9.52 Å². The number of aryl methyl sites for hydroxylation is 1. The predicted octanol–water partition coefficient (Wildman–Crippen LogP) is 0.862. The minimum Gasteiger partial charge on any atom is -1.00 e. The van der Waals surface area contributed by atoms with Gasteiger partial charge in [0.15, 0.2) is 0 Å². The third-order valence-corrected chi connectivity index (χ3v) is 3.84. The zero-order valence-corrected chi connectivity index (χ0v) is 21.1. The molecule has 0 spiro atoms. The summed E-state index contributed by atoms with van der Waals surface area (Å²) in [6.45, 7) is 6.53. The van der Waals surface area contributed by atoms with E-state index in [9.17, 15) is 0 Å². The second-order valence-corrected chi connectivity index (χ2v) is 6.85. The van der Waals surface area contributed by atoms with Crippen molar-refractivity contribution in [2.75, 3.05) is 0 Å². The van der Waals surface area contributed by atoms with E-state index in [1.807, 2.05) is 0 Å². The normalized spacial score (nSPS) is 8.85. The molecule has 0 aliphatic heterocycles. The predicted molar refractivity (Wildman–Crippen MR) is 111 cm³/mol. The molecule has 0 heterocycles. The maximum Gasteiger partial charge on any atom is 4.00 e. The van der Waals surface area contributed by atoms with Crippen molar-refractivity contribution < 1.29 is 51.0 Å². The molecule has 0 amide bonds. The van der Waals surface area contributed by atoms with Crippen molar-refractivity contribution in [3.63, 3.8) is 0 Å². The maximum atomic E-state index is 2.24. The van der Waals surface area contributed by atoms with E-state index in [1.54, 1.807) is 0 Å². The van der Waals surface area contributed by atoms with E-state index in [1.165, 1.54) is 39.9 Å². The van der Waals surface area contributed by atoms with Gasteiger partial charge in [-0.2, -0.15) is 23.1 Å². The third-order valence-electron chi connectivity index (χ3n) is 3.84. The van der Waals surface area contributed by atoms with Crippen LogP contribution in [0, 0.1) is 0 Å². The van der Waals surface area contributed by atoms with Crippen LogP contribution in [0.3, 0.4) is 0 Å². The van der Waals surface area contributed by atoms with Crippen molar-refractivity contribution >= 4 is 31.1 Å². The second-order valence-electron chi connectivity index (χ2n) is 5.85. The van der Waals surface area contributed by atoms with Crippen LogP contribution in [0.1, 0.15) is 18.9 Å². The van der Waals surface area contributed by atoms with Gasteiger partial charge in [-0.05, 0) is 0 Å². The maximum absolute atomic E-state index is 2.24. The third kappa shape index (κ3) is 8.92. The molecule has 0 fully saturated rings. The summed E-state index contributed by atoms with van der Waals surface area (Å²) in [4.78, 5) is 0. The van der Waals surface area contributed by atoms with E-state index in [0.29, 0.717) is 0 Å². The van der Waals surface area contributed by atoms with Gasteiger partial charge in [0.1, 0.15) is 0 Å². The van der Waals surface area contributed by atoms with E-state index in [2.05, 4.69) is 98.9 Å². The van der Waals surface area contributed by atoms with Crippen LogP contribution in [0.25, 0.3) is 21.5 Å². The topological polar surface area (TPSA) is 0 Å². The van der Waals surface area contributed by atoms with Gasteiger partial charge in [0.2, 0.25) is 0 Å². The molecule has 0 unspecified atom stereocenters. The molecule has 140 valence electrons. The van der Waals surface area contributed by atoms with E-state index in [-0.39, 0.29) is 51.0 Å². The van der Waals surface area contributed by atoms with Crippen LogP contribution in [0.15, 0.2) is 78.9 Å². The van der Waals surface area contributed by atoms with Gasteiger partial charge in [0, 0.05) is 9.52 Å². The summed E-state index contributed by atoms with van der Waals surface area (Å²) in [5.74, 6) is 0. The van der Waals surface area contributed by atoms with Crippen LogP contribution < -0.4 is 24.8 Å². The van der Waals surface area contributed by atoms with Gasteiger partial charge < -0.3 is 24.8 Å². The Morgan fingerprint density at radius 3 is 2.04 bits per heavy atom. The number of hydrogen-bond donors (Lipinski definition) is 0. The second kappa shape index (κ2) is 16.3. The Balaban J connectivity index is 0. The van der Waals surface area contributed by atoms with Gasteiger partial charge in [-0.15, -0.1) is 70.8 Å². The average molecular weight is 493 g/mol. The molecule has 0 aromatic heterocycles. The Kier molecular flexibility index (Phi) is 17.2. The first-order chi connectivity index (χ1) is 11.8. The summed E-state index contributed by atoms with van der Waals surface area (Å²) in [7, 11) is 1.08. The summed E-state index contributed by atoms with van der Waals surface area (Å²) in [6.07, 6.45) is 2.43. The molecule has 2 radical (unpaired) electrons. The fourth-order valence-corrected chi connectivity index (χ4v) is 2.77. The molecule has 4 aromatic carbocycles. The molecular formula is C23H26Cl2SiZr. The van der Waals surface area contributed by atoms with E-state index >= 15 is 0 Å². The van der Waals surface area contributed by atoms with Crippen molar-refractivity contribution in [1.29, 1.82) is 0 Å². The molecule has 0 saturated heterocycles. The fourth-order valence-electron chi connectivity index (χ4n) is 2.77. The van der Waals surface area contributed by atoms with Crippen molar-refractivity contribution in [2.45, 2.75) is 32.9 Å². The molecule has 0 N–H and O–H groups in total. The van der Waals surface area contributed by atoms with Crippen LogP contribution in [-0.2, 0) is 32.6 Å². The molecule has 4 heteroatoms. The first-order valence-corrected chi connectivity index (χ1v) is 10.6. The average Bonchev–Trinajstić information content (AvgIpc) is 3.24. The van der Waals surface area contributed by atoms with E-state index in [0.717, 1.165) is 9.52 Å². The fraction of sp³-hybridized carbons (Fsp3) is 0.217. The van der Waals surface area contributed by atoms with Crippen LogP contribution >= 0.6 is 0 Å². The summed E-state index contributed by atoms with van der Waals surface area (Å²) in [5, 5.41) is 5.47. The SMILES string of the molecule is CCCc1c[cH-]c2ccccc12.C[Si]C.[Cl-].[Cl-].[Zr+4].c1ccc2[cH-]ccc2c1. The zero-order valence-electron chi connectivity index (χ0n) is 16.2. The van der Waals surface area contributed by atoms with Crippen molar-refractivity contribution in [3.05, 3.63) is 84.4 Å². The zero-order chi connectivity index (χ0) is 17.2. The van der Waals surface area contributed by atoms with Gasteiger partial charge in [-0.3, -0.25) is 0 Å². The van der Waals surface area contributed by atoms with Crippen LogP contribution in [0.4, 0.5) is 0 Å². The number of fused-ring (bicyclic) bond motifs is 2. The molecule has 0 aliphatic rings. The Hall–Kier alpha value is -0.660. The van der Waals surface area contributed by atoms with Gasteiger partial charge >= 0.3 is 26.2 Å². The molecule has 27 heavy (non-hydrogen) atoms. The smallest absolute Gasteiger partial charge is 1.00 e. The number of benzene rings is 2. The quantitative estimate of drug-likeness (QED) is 0.288.